The molecule has 1 aromatic heterocycles. The second-order valence-electron chi connectivity index (χ2n) is 9.10. The summed E-state index contributed by atoms with van der Waals surface area (Å²) in [5, 5.41) is 8.79. The second kappa shape index (κ2) is 13.1. The third-order valence-corrected chi connectivity index (χ3v) is 9.16. The van der Waals surface area contributed by atoms with E-state index in [1.807, 2.05) is 76.2 Å². The van der Waals surface area contributed by atoms with E-state index >= 15 is 0 Å². The number of anilines is 3. The predicted octanol–water partition coefficient (Wildman–Crippen LogP) is 6.57. The van der Waals surface area contributed by atoms with Crippen LogP contribution < -0.4 is 16.0 Å². The minimum Gasteiger partial charge on any atom is -0.325 e. The van der Waals surface area contributed by atoms with Crippen LogP contribution in [0.15, 0.2) is 58.9 Å². The molecule has 4 aromatic rings. The minimum absolute atomic E-state index is 0.0823. The number of aryl methyl sites for hydroxylation is 3. The smallest absolute Gasteiger partial charge is 0.234 e. The number of hydrogen-bond acceptors (Lipinski definition) is 7. The number of thioether (sulfide) groups is 2. The number of fused-ring (bicyclic) bond motifs is 1. The van der Waals surface area contributed by atoms with Crippen molar-refractivity contribution in [2.24, 2.45) is 0 Å². The van der Waals surface area contributed by atoms with Crippen molar-refractivity contribution in [1.29, 1.82) is 0 Å². The van der Waals surface area contributed by atoms with Crippen molar-refractivity contribution in [2.45, 2.75) is 32.0 Å². The first-order chi connectivity index (χ1) is 18.7. The summed E-state index contributed by atoms with van der Waals surface area (Å²) in [7, 11) is 0. The van der Waals surface area contributed by atoms with Gasteiger partial charge in [0.1, 0.15) is 0 Å². The first-order valence-corrected chi connectivity index (χ1v) is 15.3. The van der Waals surface area contributed by atoms with Gasteiger partial charge in [0.25, 0.3) is 0 Å². The number of thiazole rings is 1. The molecule has 0 aliphatic rings. The zero-order valence-corrected chi connectivity index (χ0v) is 24.7. The van der Waals surface area contributed by atoms with Gasteiger partial charge in [-0.2, -0.15) is 0 Å². The Labute approximate surface area is 240 Å². The number of para-hydroxylation sites is 1. The molecule has 1 heterocycles. The number of nitrogens with one attached hydrogen (secondary N) is 3. The topological polar surface area (TPSA) is 100 Å². The monoisotopic (exact) mass is 578 g/mol. The Bertz CT molecular complexity index is 1510. The van der Waals surface area contributed by atoms with Crippen LogP contribution in [-0.4, -0.2) is 40.0 Å². The van der Waals surface area contributed by atoms with Crippen molar-refractivity contribution in [3.8, 4) is 0 Å². The van der Waals surface area contributed by atoms with Gasteiger partial charge < -0.3 is 16.0 Å². The Morgan fingerprint density at radius 3 is 2.15 bits per heavy atom. The van der Waals surface area contributed by atoms with E-state index in [0.29, 0.717) is 5.69 Å². The van der Waals surface area contributed by atoms with Crippen LogP contribution in [0.3, 0.4) is 0 Å². The van der Waals surface area contributed by atoms with Crippen molar-refractivity contribution < 1.29 is 14.4 Å². The molecular weight excluding hydrogens is 549 g/mol. The number of hydrogen-bond donors (Lipinski definition) is 3. The number of aromatic nitrogens is 1. The van der Waals surface area contributed by atoms with Gasteiger partial charge in [0.15, 0.2) is 4.34 Å². The summed E-state index contributed by atoms with van der Waals surface area (Å²) in [6.07, 6.45) is 0. The zero-order chi connectivity index (χ0) is 27.9. The van der Waals surface area contributed by atoms with Crippen molar-refractivity contribution >= 4 is 79.9 Å². The number of rotatable bonds is 10. The van der Waals surface area contributed by atoms with Crippen LogP contribution in [0, 0.1) is 27.7 Å². The summed E-state index contributed by atoms with van der Waals surface area (Å²) in [4.78, 5) is 41.8. The molecule has 0 saturated heterocycles. The van der Waals surface area contributed by atoms with E-state index in [2.05, 4.69) is 20.9 Å². The fourth-order valence-corrected chi connectivity index (χ4v) is 6.39. The molecule has 0 fully saturated rings. The molecule has 0 aliphatic carbocycles. The van der Waals surface area contributed by atoms with Crippen LogP contribution in [0.2, 0.25) is 0 Å². The van der Waals surface area contributed by atoms with Crippen LogP contribution in [0.1, 0.15) is 22.3 Å². The highest BCUT2D eigenvalue weighted by atomic mass is 32.2. The van der Waals surface area contributed by atoms with E-state index in [9.17, 15) is 14.4 Å². The standard InChI is InChI=1S/C29H30N4O3S3/c1-17-7-6-10-22(20(17)4)31-27(36)16-38-29-32-23-12-11-21(13-24(23)39-29)30-25(34)14-37-15-26(35)33-28-18(2)8-5-9-19(28)3/h5-13H,14-16H2,1-4H3,(H,30,34)(H,31,36)(H,33,35). The highest BCUT2D eigenvalue weighted by molar-refractivity contribution is 8.01. The molecule has 202 valence electrons. The molecule has 4 rings (SSSR count). The number of amides is 3. The quantitative estimate of drug-likeness (QED) is 0.184. The van der Waals surface area contributed by atoms with Crippen molar-refractivity contribution in [3.63, 3.8) is 0 Å². The maximum Gasteiger partial charge on any atom is 0.234 e. The molecule has 0 radical (unpaired) electrons. The lowest BCUT2D eigenvalue weighted by atomic mass is 10.1. The Balaban J connectivity index is 1.24. The van der Waals surface area contributed by atoms with Gasteiger partial charge in [0.2, 0.25) is 17.7 Å². The van der Waals surface area contributed by atoms with Crippen molar-refractivity contribution in [1.82, 2.24) is 4.98 Å². The highest BCUT2D eigenvalue weighted by Gasteiger charge is 2.12. The second-order valence-corrected chi connectivity index (χ2v) is 12.3. The van der Waals surface area contributed by atoms with Crippen LogP contribution in [0.5, 0.6) is 0 Å². The van der Waals surface area contributed by atoms with Gasteiger partial charge in [-0.05, 0) is 74.2 Å². The first-order valence-electron chi connectivity index (χ1n) is 12.3. The molecular formula is C29H30N4O3S3. The van der Waals surface area contributed by atoms with Gasteiger partial charge in [-0.1, -0.05) is 42.1 Å². The number of carbonyl (C=O) groups is 3. The molecule has 7 nitrogen and oxygen atoms in total. The maximum atomic E-state index is 12.5. The van der Waals surface area contributed by atoms with Gasteiger partial charge in [0, 0.05) is 17.1 Å². The van der Waals surface area contributed by atoms with Gasteiger partial charge in [-0.15, -0.1) is 23.1 Å². The Kier molecular flexibility index (Phi) is 9.66. The van der Waals surface area contributed by atoms with E-state index in [4.69, 9.17) is 0 Å². The Hall–Kier alpha value is -3.34. The third-order valence-electron chi connectivity index (χ3n) is 6.07. The summed E-state index contributed by atoms with van der Waals surface area (Å²) in [5.41, 5.74) is 7.33. The lowest BCUT2D eigenvalue weighted by Gasteiger charge is -2.11. The Morgan fingerprint density at radius 2 is 1.41 bits per heavy atom. The van der Waals surface area contributed by atoms with Crippen LogP contribution in [-0.2, 0) is 14.4 Å². The number of benzene rings is 3. The molecule has 3 N–H and O–H groups in total. The van der Waals surface area contributed by atoms with E-state index in [1.165, 1.54) is 34.9 Å². The molecule has 0 aliphatic heterocycles. The zero-order valence-electron chi connectivity index (χ0n) is 22.2. The van der Waals surface area contributed by atoms with Gasteiger partial charge in [-0.25, -0.2) is 4.98 Å². The summed E-state index contributed by atoms with van der Waals surface area (Å²) >= 11 is 4.13. The van der Waals surface area contributed by atoms with E-state index < -0.39 is 0 Å². The van der Waals surface area contributed by atoms with E-state index in [1.54, 1.807) is 6.07 Å². The lowest BCUT2D eigenvalue weighted by Crippen LogP contribution is -2.19. The molecule has 0 bridgehead atoms. The summed E-state index contributed by atoms with van der Waals surface area (Å²) in [6, 6.07) is 17.2. The van der Waals surface area contributed by atoms with Crippen molar-refractivity contribution in [2.75, 3.05) is 33.2 Å². The van der Waals surface area contributed by atoms with E-state index in [0.717, 1.165) is 48.2 Å². The molecule has 0 saturated carbocycles. The molecule has 10 heteroatoms. The molecule has 0 spiro atoms. The van der Waals surface area contributed by atoms with Gasteiger partial charge in [-0.3, -0.25) is 14.4 Å². The predicted molar refractivity (Wildman–Crippen MR) is 165 cm³/mol. The summed E-state index contributed by atoms with van der Waals surface area (Å²) in [5.74, 6) is 0.210. The molecule has 0 unspecified atom stereocenters. The average Bonchev–Trinajstić information content (AvgIpc) is 3.30. The van der Waals surface area contributed by atoms with Gasteiger partial charge >= 0.3 is 0 Å². The minimum atomic E-state index is -0.179. The van der Waals surface area contributed by atoms with Crippen LogP contribution in [0.4, 0.5) is 17.1 Å². The summed E-state index contributed by atoms with van der Waals surface area (Å²) in [6.45, 7) is 7.92. The number of carbonyl (C=O) groups excluding carboxylic acids is 3. The Morgan fingerprint density at radius 1 is 0.769 bits per heavy atom. The maximum absolute atomic E-state index is 12.5. The van der Waals surface area contributed by atoms with E-state index in [-0.39, 0.29) is 35.0 Å². The first kappa shape index (κ1) is 28.7. The fraction of sp³-hybridized carbons (Fsp3) is 0.241. The average molecular weight is 579 g/mol. The van der Waals surface area contributed by atoms with Gasteiger partial charge in [0.05, 0.1) is 27.5 Å². The lowest BCUT2D eigenvalue weighted by molar-refractivity contribution is -0.114. The summed E-state index contributed by atoms with van der Waals surface area (Å²) < 4.78 is 1.71. The SMILES string of the molecule is Cc1cccc(NC(=O)CSc2nc3ccc(NC(=O)CSCC(=O)Nc4c(C)cccc4C)cc3s2)c1C. The normalized spacial score (nSPS) is 10.9. The molecule has 0 atom stereocenters. The third kappa shape index (κ3) is 7.84. The molecule has 39 heavy (non-hydrogen) atoms. The highest BCUT2D eigenvalue weighted by Crippen LogP contribution is 2.31. The van der Waals surface area contributed by atoms with Crippen LogP contribution >= 0.6 is 34.9 Å². The molecule has 3 aromatic carbocycles. The number of nitrogens with zero attached hydrogens (tertiary/aromatic N) is 1. The van der Waals surface area contributed by atoms with Crippen molar-refractivity contribution in [3.05, 3.63) is 76.9 Å². The van der Waals surface area contributed by atoms with Crippen LogP contribution in [0.25, 0.3) is 10.2 Å². The largest absolute Gasteiger partial charge is 0.325 e. The molecule has 3 amide bonds. The fourth-order valence-electron chi connectivity index (χ4n) is 3.86.